The van der Waals surface area contributed by atoms with E-state index in [1.54, 1.807) is 6.33 Å². The van der Waals surface area contributed by atoms with Gasteiger partial charge in [-0.25, -0.2) is 9.97 Å². The van der Waals surface area contributed by atoms with Crippen LogP contribution in [0.4, 0.5) is 23.0 Å². The number of nitrogens with one attached hydrogen (secondary N) is 1. The third kappa shape index (κ3) is 4.54. The third-order valence-corrected chi connectivity index (χ3v) is 5.43. The number of anilines is 4. The van der Waals surface area contributed by atoms with E-state index in [-0.39, 0.29) is 0 Å². The molecule has 2 aromatic carbocycles. The van der Waals surface area contributed by atoms with E-state index in [9.17, 15) is 0 Å². The summed E-state index contributed by atoms with van der Waals surface area (Å²) in [5, 5.41) is 4.10. The first-order valence-electron chi connectivity index (χ1n) is 9.75. The smallest absolute Gasteiger partial charge is 0.157 e. The molecular formula is C22H25ClN6. The zero-order valence-corrected chi connectivity index (χ0v) is 17.2. The fourth-order valence-corrected chi connectivity index (χ4v) is 3.70. The Balaban J connectivity index is 1.41. The van der Waals surface area contributed by atoms with Crippen molar-refractivity contribution in [2.45, 2.75) is 13.5 Å². The number of nitrogens with zero attached hydrogens (tertiary/aromatic N) is 4. The van der Waals surface area contributed by atoms with Gasteiger partial charge >= 0.3 is 0 Å². The summed E-state index contributed by atoms with van der Waals surface area (Å²) >= 11 is 6.13. The Hall–Kier alpha value is -2.99. The average molecular weight is 409 g/mol. The van der Waals surface area contributed by atoms with Gasteiger partial charge in [0.2, 0.25) is 0 Å². The summed E-state index contributed by atoms with van der Waals surface area (Å²) in [7, 11) is 0. The number of halogens is 1. The standard InChI is InChI=1S/C22H25ClN6/c1-16-5-7-17(8-6-16)14-25-21-20(24)22(27-15-26-21)29-11-9-28(10-12-29)19-4-2-3-18(23)13-19/h2-8,13,15H,9-12,14,24H2,1H3,(H,25,26,27). The van der Waals surface area contributed by atoms with Crippen molar-refractivity contribution in [2.24, 2.45) is 0 Å². The molecule has 0 atom stereocenters. The van der Waals surface area contributed by atoms with Crippen LogP contribution in [-0.4, -0.2) is 36.1 Å². The molecule has 0 spiro atoms. The van der Waals surface area contributed by atoms with Gasteiger partial charge in [-0.2, -0.15) is 0 Å². The van der Waals surface area contributed by atoms with E-state index in [0.717, 1.165) is 42.7 Å². The van der Waals surface area contributed by atoms with Crippen LogP contribution in [0.15, 0.2) is 54.9 Å². The van der Waals surface area contributed by atoms with Crippen LogP contribution in [0.25, 0.3) is 0 Å². The molecule has 1 aliphatic rings. The maximum Gasteiger partial charge on any atom is 0.157 e. The van der Waals surface area contributed by atoms with Crippen LogP contribution in [0.1, 0.15) is 11.1 Å². The van der Waals surface area contributed by atoms with Gasteiger partial charge in [0.1, 0.15) is 12.0 Å². The number of nitrogens with two attached hydrogens (primary N) is 1. The molecule has 1 saturated heterocycles. The minimum atomic E-state index is 0.593. The summed E-state index contributed by atoms with van der Waals surface area (Å²) in [4.78, 5) is 13.3. The first-order valence-corrected chi connectivity index (χ1v) is 10.1. The van der Waals surface area contributed by atoms with E-state index < -0.39 is 0 Å². The molecule has 0 radical (unpaired) electrons. The average Bonchev–Trinajstić information content (AvgIpc) is 2.74. The molecular weight excluding hydrogens is 384 g/mol. The molecule has 6 nitrogen and oxygen atoms in total. The highest BCUT2D eigenvalue weighted by Crippen LogP contribution is 2.28. The largest absolute Gasteiger partial charge is 0.393 e. The first-order chi connectivity index (χ1) is 14.1. The Bertz CT molecular complexity index is 967. The lowest BCUT2D eigenvalue weighted by molar-refractivity contribution is 0.647. The van der Waals surface area contributed by atoms with Crippen molar-refractivity contribution < 1.29 is 0 Å². The molecule has 4 rings (SSSR count). The normalized spacial score (nSPS) is 14.1. The number of aryl methyl sites for hydroxylation is 1. The van der Waals surface area contributed by atoms with E-state index in [0.29, 0.717) is 18.1 Å². The van der Waals surface area contributed by atoms with E-state index in [1.807, 2.05) is 18.2 Å². The molecule has 0 unspecified atom stereocenters. The minimum absolute atomic E-state index is 0.593. The van der Waals surface area contributed by atoms with Crippen LogP contribution in [0, 0.1) is 6.92 Å². The van der Waals surface area contributed by atoms with E-state index in [4.69, 9.17) is 17.3 Å². The molecule has 3 N–H and O–H groups in total. The lowest BCUT2D eigenvalue weighted by Gasteiger charge is -2.37. The van der Waals surface area contributed by atoms with Crippen LogP contribution >= 0.6 is 11.6 Å². The molecule has 3 aromatic rings. The van der Waals surface area contributed by atoms with Gasteiger partial charge < -0.3 is 20.9 Å². The van der Waals surface area contributed by atoms with Crippen molar-refractivity contribution in [1.29, 1.82) is 0 Å². The van der Waals surface area contributed by atoms with Gasteiger partial charge in [0, 0.05) is 43.4 Å². The van der Waals surface area contributed by atoms with Crippen molar-refractivity contribution in [2.75, 3.05) is 47.0 Å². The van der Waals surface area contributed by atoms with Crippen LogP contribution < -0.4 is 20.9 Å². The fraction of sp³-hybridized carbons (Fsp3) is 0.273. The predicted molar refractivity (Wildman–Crippen MR) is 121 cm³/mol. The minimum Gasteiger partial charge on any atom is -0.393 e. The lowest BCUT2D eigenvalue weighted by atomic mass is 10.1. The van der Waals surface area contributed by atoms with Crippen LogP contribution in [0.5, 0.6) is 0 Å². The summed E-state index contributed by atoms with van der Waals surface area (Å²) in [6.07, 6.45) is 1.58. The van der Waals surface area contributed by atoms with E-state index >= 15 is 0 Å². The molecule has 1 aliphatic heterocycles. The van der Waals surface area contributed by atoms with Crippen molar-refractivity contribution >= 4 is 34.6 Å². The molecule has 0 bridgehead atoms. The summed E-state index contributed by atoms with van der Waals surface area (Å²) in [6.45, 7) is 6.20. The summed E-state index contributed by atoms with van der Waals surface area (Å²) in [6, 6.07) is 16.4. The van der Waals surface area contributed by atoms with Gasteiger partial charge in [0.25, 0.3) is 0 Å². The maximum atomic E-state index is 6.41. The first kappa shape index (κ1) is 19.3. The number of hydrogen-bond acceptors (Lipinski definition) is 6. The van der Waals surface area contributed by atoms with Crippen molar-refractivity contribution in [3.63, 3.8) is 0 Å². The van der Waals surface area contributed by atoms with Gasteiger partial charge in [0.05, 0.1) is 0 Å². The molecule has 150 valence electrons. The van der Waals surface area contributed by atoms with Crippen LogP contribution in [0.2, 0.25) is 5.02 Å². The molecule has 0 aliphatic carbocycles. The summed E-state index contributed by atoms with van der Waals surface area (Å²) < 4.78 is 0. The fourth-order valence-electron chi connectivity index (χ4n) is 3.52. The lowest BCUT2D eigenvalue weighted by Crippen LogP contribution is -2.47. The molecule has 1 fully saturated rings. The molecule has 0 saturated carbocycles. The van der Waals surface area contributed by atoms with E-state index in [2.05, 4.69) is 62.3 Å². The van der Waals surface area contributed by atoms with Crippen molar-refractivity contribution in [3.8, 4) is 0 Å². The number of aromatic nitrogens is 2. The van der Waals surface area contributed by atoms with Gasteiger partial charge in [0.15, 0.2) is 11.6 Å². The Morgan fingerprint density at radius 2 is 1.72 bits per heavy atom. The number of rotatable bonds is 5. The monoisotopic (exact) mass is 408 g/mol. The summed E-state index contributed by atoms with van der Waals surface area (Å²) in [5.41, 5.74) is 10.6. The second-order valence-corrected chi connectivity index (χ2v) is 7.69. The molecule has 2 heterocycles. The summed E-state index contributed by atoms with van der Waals surface area (Å²) in [5.74, 6) is 1.46. The van der Waals surface area contributed by atoms with Crippen LogP contribution in [0.3, 0.4) is 0 Å². The van der Waals surface area contributed by atoms with Gasteiger partial charge in [-0.3, -0.25) is 0 Å². The highest BCUT2D eigenvalue weighted by molar-refractivity contribution is 6.30. The Labute approximate surface area is 176 Å². The molecule has 0 amide bonds. The Kier molecular flexibility index (Phi) is 5.71. The SMILES string of the molecule is Cc1ccc(CNc2ncnc(N3CCN(c4cccc(Cl)c4)CC3)c2N)cc1. The van der Waals surface area contributed by atoms with Gasteiger partial charge in [-0.05, 0) is 30.7 Å². The van der Waals surface area contributed by atoms with Crippen LogP contribution in [-0.2, 0) is 6.54 Å². The Morgan fingerprint density at radius 1 is 1.00 bits per heavy atom. The number of nitrogen functional groups attached to an aromatic ring is 1. The van der Waals surface area contributed by atoms with E-state index in [1.165, 1.54) is 11.1 Å². The third-order valence-electron chi connectivity index (χ3n) is 5.20. The number of hydrogen-bond donors (Lipinski definition) is 2. The topological polar surface area (TPSA) is 70.3 Å². The maximum absolute atomic E-state index is 6.41. The van der Waals surface area contributed by atoms with Gasteiger partial charge in [-0.15, -0.1) is 0 Å². The molecule has 7 heteroatoms. The van der Waals surface area contributed by atoms with Crippen molar-refractivity contribution in [1.82, 2.24) is 9.97 Å². The molecule has 29 heavy (non-hydrogen) atoms. The molecule has 1 aromatic heterocycles. The second kappa shape index (κ2) is 8.57. The van der Waals surface area contributed by atoms with Gasteiger partial charge in [-0.1, -0.05) is 47.5 Å². The number of piperazine rings is 1. The Morgan fingerprint density at radius 3 is 2.45 bits per heavy atom. The quantitative estimate of drug-likeness (QED) is 0.665. The predicted octanol–water partition coefficient (Wildman–Crippen LogP) is 3.96. The van der Waals surface area contributed by atoms with Crippen molar-refractivity contribution in [3.05, 3.63) is 71.0 Å². The zero-order valence-electron chi connectivity index (χ0n) is 16.5. The highest BCUT2D eigenvalue weighted by atomic mass is 35.5. The highest BCUT2D eigenvalue weighted by Gasteiger charge is 2.21. The second-order valence-electron chi connectivity index (χ2n) is 7.25. The number of benzene rings is 2. The zero-order chi connectivity index (χ0) is 20.2.